The molecule has 0 unspecified atom stereocenters. The molecule has 1 heterocycles. The highest BCUT2D eigenvalue weighted by Crippen LogP contribution is 2.29. The van der Waals surface area contributed by atoms with Crippen LogP contribution in [0.5, 0.6) is 5.75 Å². The van der Waals surface area contributed by atoms with Crippen molar-refractivity contribution in [3.63, 3.8) is 0 Å². The molecule has 2 N–H and O–H groups in total. The summed E-state index contributed by atoms with van der Waals surface area (Å²) in [7, 11) is 1.54. The van der Waals surface area contributed by atoms with Gasteiger partial charge in [0.2, 0.25) is 5.89 Å². The van der Waals surface area contributed by atoms with E-state index in [4.69, 9.17) is 26.4 Å². The molecule has 186 valence electrons. The SMILES string of the molecule is CC[C@@H](C)c1ccc2oc(-c3cccc(NC(=S)NC(=O)c4cc5ccccc5cc4OC)c3)nc2c1. The molecule has 0 radical (unpaired) electrons. The lowest BCUT2D eigenvalue weighted by Crippen LogP contribution is -2.34. The molecule has 4 aromatic carbocycles. The van der Waals surface area contributed by atoms with Gasteiger partial charge in [-0.1, -0.05) is 50.2 Å². The van der Waals surface area contributed by atoms with Crippen molar-refractivity contribution in [3.05, 3.63) is 90.0 Å². The van der Waals surface area contributed by atoms with Gasteiger partial charge in [0.1, 0.15) is 11.3 Å². The van der Waals surface area contributed by atoms with Gasteiger partial charge < -0.3 is 14.5 Å². The Hall–Kier alpha value is -4.23. The molecule has 1 aromatic heterocycles. The third-order valence-corrected chi connectivity index (χ3v) is 6.70. The zero-order valence-corrected chi connectivity index (χ0v) is 21.7. The van der Waals surface area contributed by atoms with Crippen LogP contribution < -0.4 is 15.4 Å². The molecule has 0 saturated carbocycles. The van der Waals surface area contributed by atoms with Crippen molar-refractivity contribution in [3.8, 4) is 17.2 Å². The summed E-state index contributed by atoms with van der Waals surface area (Å²) < 4.78 is 11.5. The number of aromatic nitrogens is 1. The molecule has 0 aliphatic carbocycles. The van der Waals surface area contributed by atoms with Gasteiger partial charge in [0.25, 0.3) is 5.91 Å². The van der Waals surface area contributed by atoms with Crippen LogP contribution in [0.2, 0.25) is 0 Å². The number of methoxy groups -OCH3 is 1. The van der Waals surface area contributed by atoms with Gasteiger partial charge in [-0.3, -0.25) is 10.1 Å². The normalized spacial score (nSPS) is 11.9. The van der Waals surface area contributed by atoms with Crippen molar-refractivity contribution in [1.82, 2.24) is 10.3 Å². The molecule has 37 heavy (non-hydrogen) atoms. The summed E-state index contributed by atoms with van der Waals surface area (Å²) in [5.74, 6) is 1.11. The lowest BCUT2D eigenvalue weighted by atomic mass is 9.98. The number of nitrogens with one attached hydrogen (secondary N) is 2. The summed E-state index contributed by atoms with van der Waals surface area (Å²) in [5, 5.41) is 7.93. The van der Waals surface area contributed by atoms with Crippen LogP contribution >= 0.6 is 12.2 Å². The van der Waals surface area contributed by atoms with E-state index in [0.29, 0.717) is 28.8 Å². The van der Waals surface area contributed by atoms with Crippen molar-refractivity contribution in [2.24, 2.45) is 0 Å². The Morgan fingerprint density at radius 1 is 1.03 bits per heavy atom. The number of benzene rings is 4. The minimum Gasteiger partial charge on any atom is -0.496 e. The van der Waals surface area contributed by atoms with Crippen molar-refractivity contribution in [2.45, 2.75) is 26.2 Å². The molecule has 5 aromatic rings. The van der Waals surface area contributed by atoms with Gasteiger partial charge in [-0.25, -0.2) is 4.98 Å². The maximum atomic E-state index is 13.0. The smallest absolute Gasteiger partial charge is 0.261 e. The fourth-order valence-electron chi connectivity index (χ4n) is 4.24. The molecular weight excluding hydrogens is 482 g/mol. The van der Waals surface area contributed by atoms with Gasteiger partial charge in [-0.15, -0.1) is 0 Å². The fraction of sp³-hybridized carbons (Fsp3) is 0.167. The van der Waals surface area contributed by atoms with Crippen LogP contribution in [-0.2, 0) is 0 Å². The van der Waals surface area contributed by atoms with E-state index in [9.17, 15) is 4.79 Å². The summed E-state index contributed by atoms with van der Waals surface area (Å²) in [6.45, 7) is 4.38. The fourth-order valence-corrected chi connectivity index (χ4v) is 4.45. The second-order valence-corrected chi connectivity index (χ2v) is 9.35. The van der Waals surface area contributed by atoms with Gasteiger partial charge in [-0.2, -0.15) is 0 Å². The molecule has 6 nitrogen and oxygen atoms in total. The number of hydrogen-bond donors (Lipinski definition) is 2. The van der Waals surface area contributed by atoms with Gasteiger partial charge in [0, 0.05) is 11.3 Å². The highest BCUT2D eigenvalue weighted by atomic mass is 32.1. The van der Waals surface area contributed by atoms with E-state index in [0.717, 1.165) is 33.9 Å². The second-order valence-electron chi connectivity index (χ2n) is 8.94. The molecule has 0 aliphatic heterocycles. The van der Waals surface area contributed by atoms with Crippen LogP contribution in [0.3, 0.4) is 0 Å². The van der Waals surface area contributed by atoms with Gasteiger partial charge in [0.15, 0.2) is 10.7 Å². The number of oxazole rings is 1. The van der Waals surface area contributed by atoms with Crippen molar-refractivity contribution >= 4 is 50.8 Å². The molecule has 7 heteroatoms. The third kappa shape index (κ3) is 5.17. The van der Waals surface area contributed by atoms with Crippen molar-refractivity contribution in [1.29, 1.82) is 0 Å². The number of anilines is 1. The van der Waals surface area contributed by atoms with E-state index in [1.54, 1.807) is 13.2 Å². The van der Waals surface area contributed by atoms with E-state index >= 15 is 0 Å². The van der Waals surface area contributed by atoms with Crippen molar-refractivity contribution in [2.75, 3.05) is 12.4 Å². The third-order valence-electron chi connectivity index (χ3n) is 6.50. The minimum absolute atomic E-state index is 0.174. The highest BCUT2D eigenvalue weighted by Gasteiger charge is 2.16. The monoisotopic (exact) mass is 509 g/mol. The first-order valence-corrected chi connectivity index (χ1v) is 12.6. The van der Waals surface area contributed by atoms with Gasteiger partial charge >= 0.3 is 0 Å². The molecule has 0 bridgehead atoms. The number of amides is 1. The lowest BCUT2D eigenvalue weighted by molar-refractivity contribution is 0.0975. The van der Waals surface area contributed by atoms with Crippen LogP contribution in [0.25, 0.3) is 33.3 Å². The Balaban J connectivity index is 1.33. The number of carbonyl (C=O) groups is 1. The van der Waals surface area contributed by atoms with E-state index < -0.39 is 0 Å². The molecule has 0 aliphatic rings. The Morgan fingerprint density at radius 2 is 1.81 bits per heavy atom. The predicted octanol–water partition coefficient (Wildman–Crippen LogP) is 7.30. The Labute approximate surface area is 220 Å². The molecule has 0 fully saturated rings. The number of thiocarbonyl (C=S) groups is 1. The van der Waals surface area contributed by atoms with Crippen LogP contribution in [-0.4, -0.2) is 23.1 Å². The number of carbonyl (C=O) groups excluding carboxylic acids is 1. The molecule has 1 atom stereocenters. The zero-order chi connectivity index (χ0) is 25.9. The van der Waals surface area contributed by atoms with Crippen molar-refractivity contribution < 1.29 is 13.9 Å². The van der Waals surface area contributed by atoms with Gasteiger partial charge in [0.05, 0.1) is 12.7 Å². The maximum Gasteiger partial charge on any atom is 0.261 e. The molecular formula is C30H27N3O3S. The summed E-state index contributed by atoms with van der Waals surface area (Å²) in [5.41, 5.74) is 4.73. The van der Waals surface area contributed by atoms with Crippen LogP contribution in [0.4, 0.5) is 5.69 Å². The van der Waals surface area contributed by atoms with E-state index in [2.05, 4.69) is 36.6 Å². The number of ether oxygens (including phenoxy) is 1. The Morgan fingerprint density at radius 3 is 2.57 bits per heavy atom. The number of fused-ring (bicyclic) bond motifs is 2. The molecule has 5 rings (SSSR count). The number of hydrogen-bond acceptors (Lipinski definition) is 5. The van der Waals surface area contributed by atoms with E-state index in [1.165, 1.54) is 5.56 Å². The first-order valence-electron chi connectivity index (χ1n) is 12.1. The topological polar surface area (TPSA) is 76.4 Å². The summed E-state index contributed by atoms with van der Waals surface area (Å²) in [6, 6.07) is 25.1. The summed E-state index contributed by atoms with van der Waals surface area (Å²) in [6.07, 6.45) is 1.06. The lowest BCUT2D eigenvalue weighted by Gasteiger charge is -2.13. The van der Waals surface area contributed by atoms with Crippen LogP contribution in [0, 0.1) is 0 Å². The number of rotatable bonds is 6. The zero-order valence-electron chi connectivity index (χ0n) is 20.9. The minimum atomic E-state index is -0.354. The molecule has 0 saturated heterocycles. The Kier molecular flexibility index (Phi) is 6.88. The maximum absolute atomic E-state index is 13.0. The molecule has 1 amide bonds. The van der Waals surface area contributed by atoms with Gasteiger partial charge in [-0.05, 0) is 83.4 Å². The Bertz CT molecular complexity index is 1630. The van der Waals surface area contributed by atoms with Crippen LogP contribution in [0.1, 0.15) is 42.1 Å². The average molecular weight is 510 g/mol. The standard InChI is InChI=1S/C30H27N3O3S/c1-4-18(2)19-12-13-26-25(16-19)32-29(36-26)22-10-7-11-23(14-22)31-30(37)33-28(34)24-15-20-8-5-6-9-21(20)17-27(24)35-3/h5-18H,4H2,1-3H3,(H2,31,33,34,37)/t18-/m1/s1. The highest BCUT2D eigenvalue weighted by molar-refractivity contribution is 7.80. The first kappa shape index (κ1) is 24.5. The quantitative estimate of drug-likeness (QED) is 0.234. The van der Waals surface area contributed by atoms with Crippen LogP contribution in [0.15, 0.2) is 83.3 Å². The molecule has 0 spiro atoms. The summed E-state index contributed by atoms with van der Waals surface area (Å²) in [4.78, 5) is 17.7. The van der Waals surface area contributed by atoms with E-state index in [1.807, 2.05) is 60.7 Å². The predicted molar refractivity (Wildman–Crippen MR) is 152 cm³/mol. The van der Waals surface area contributed by atoms with E-state index in [-0.39, 0.29) is 11.0 Å². The first-order chi connectivity index (χ1) is 17.9. The summed E-state index contributed by atoms with van der Waals surface area (Å²) >= 11 is 5.43. The second kappa shape index (κ2) is 10.4. The largest absolute Gasteiger partial charge is 0.496 e. The average Bonchev–Trinajstić information content (AvgIpc) is 3.35. The number of nitrogens with zero attached hydrogens (tertiary/aromatic N) is 1.